The van der Waals surface area contributed by atoms with Crippen LogP contribution in [-0.2, 0) is 14.8 Å². The molecule has 1 aliphatic rings. The predicted molar refractivity (Wildman–Crippen MR) is 89.6 cm³/mol. The summed E-state index contributed by atoms with van der Waals surface area (Å²) in [7, 11) is -4.01. The fourth-order valence-corrected chi connectivity index (χ4v) is 3.24. The van der Waals surface area contributed by atoms with Crippen molar-refractivity contribution < 1.29 is 31.1 Å². The fraction of sp³-hybridized carbons (Fsp3) is 0.500. The Balaban J connectivity index is 0.00000338. The number of amides is 1. The first-order chi connectivity index (χ1) is 11.7. The van der Waals surface area contributed by atoms with Crippen molar-refractivity contribution in [1.82, 2.24) is 14.9 Å². The molecule has 0 spiro atoms. The minimum atomic E-state index is -4.85. The molecular formula is C14H19ClF3N3O4S. The van der Waals surface area contributed by atoms with Crippen molar-refractivity contribution in [3.05, 3.63) is 24.3 Å². The molecule has 1 aromatic rings. The third-order valence-corrected chi connectivity index (χ3v) is 4.89. The highest BCUT2D eigenvalue weighted by molar-refractivity contribution is 7.89. The van der Waals surface area contributed by atoms with Gasteiger partial charge in [-0.3, -0.25) is 4.79 Å². The number of nitrogens with zero attached hydrogens (tertiary/aromatic N) is 1. The lowest BCUT2D eigenvalue weighted by molar-refractivity contribution is -0.274. The molecule has 0 unspecified atom stereocenters. The zero-order valence-corrected chi connectivity index (χ0v) is 15.2. The summed E-state index contributed by atoms with van der Waals surface area (Å²) in [5.74, 6) is -0.885. The van der Waals surface area contributed by atoms with Crippen LogP contribution in [0.25, 0.3) is 0 Å². The third kappa shape index (κ3) is 6.98. The number of hydrogen-bond acceptors (Lipinski definition) is 5. The summed E-state index contributed by atoms with van der Waals surface area (Å²) in [4.78, 5) is 13.4. The summed E-state index contributed by atoms with van der Waals surface area (Å²) >= 11 is 0. The molecule has 1 fully saturated rings. The number of sulfonamides is 1. The van der Waals surface area contributed by atoms with Crippen LogP contribution in [-0.4, -0.2) is 58.3 Å². The Bertz CT molecular complexity index is 690. The van der Waals surface area contributed by atoms with Crippen molar-refractivity contribution >= 4 is 28.3 Å². The number of nitrogens with one attached hydrogen (secondary N) is 2. The number of hydrogen-bond donors (Lipinski definition) is 2. The van der Waals surface area contributed by atoms with Gasteiger partial charge in [-0.1, -0.05) is 0 Å². The first-order valence-corrected chi connectivity index (χ1v) is 9.00. The van der Waals surface area contributed by atoms with Crippen molar-refractivity contribution in [2.24, 2.45) is 0 Å². The molecule has 26 heavy (non-hydrogen) atoms. The van der Waals surface area contributed by atoms with Crippen LogP contribution < -0.4 is 14.8 Å². The van der Waals surface area contributed by atoms with Crippen LogP contribution in [0, 0.1) is 0 Å². The number of alkyl halides is 3. The predicted octanol–water partition coefficient (Wildman–Crippen LogP) is 1.11. The molecule has 12 heteroatoms. The molecule has 0 aliphatic carbocycles. The lowest BCUT2D eigenvalue weighted by Crippen LogP contribution is -2.41. The van der Waals surface area contributed by atoms with E-state index in [-0.39, 0.29) is 23.2 Å². The van der Waals surface area contributed by atoms with Crippen molar-refractivity contribution in [3.63, 3.8) is 0 Å². The van der Waals surface area contributed by atoms with Gasteiger partial charge in [0.25, 0.3) is 0 Å². The van der Waals surface area contributed by atoms with Crippen LogP contribution in [0.5, 0.6) is 5.75 Å². The second kappa shape index (κ2) is 9.40. The summed E-state index contributed by atoms with van der Waals surface area (Å²) < 4.78 is 66.4. The zero-order chi connectivity index (χ0) is 18.5. The standard InChI is InChI=1S/C14H18F3N3O4S.ClH/c15-14(16,17)24-11-2-4-12(5-3-11)25(22,23)19-10-13(21)20-8-1-6-18-7-9-20;/h2-5,18-19H,1,6-10H2;1H. The van der Waals surface area contributed by atoms with Crippen molar-refractivity contribution in [3.8, 4) is 5.75 Å². The number of benzene rings is 1. The summed E-state index contributed by atoms with van der Waals surface area (Å²) in [6.45, 7) is 2.05. The molecule has 148 valence electrons. The molecule has 1 aliphatic heterocycles. The van der Waals surface area contributed by atoms with Crippen molar-refractivity contribution in [1.29, 1.82) is 0 Å². The van der Waals surface area contributed by atoms with Crippen LogP contribution in [0.3, 0.4) is 0 Å². The smallest absolute Gasteiger partial charge is 0.406 e. The summed E-state index contributed by atoms with van der Waals surface area (Å²) in [6, 6.07) is 3.74. The molecule has 1 amide bonds. The van der Waals surface area contributed by atoms with Crippen molar-refractivity contribution in [2.75, 3.05) is 32.7 Å². The molecule has 2 rings (SSSR count). The summed E-state index contributed by atoms with van der Waals surface area (Å²) in [6.07, 6.45) is -4.08. The Hall–Kier alpha value is -1.56. The number of carbonyl (C=O) groups is 1. The molecule has 1 aromatic carbocycles. The highest BCUT2D eigenvalue weighted by atomic mass is 35.5. The number of rotatable bonds is 5. The quantitative estimate of drug-likeness (QED) is 0.749. The van der Waals surface area contributed by atoms with Gasteiger partial charge in [0.2, 0.25) is 15.9 Å². The van der Waals surface area contributed by atoms with Crippen LogP contribution in [0.4, 0.5) is 13.2 Å². The molecule has 1 heterocycles. The van der Waals surface area contributed by atoms with E-state index in [1.54, 1.807) is 4.90 Å². The molecule has 0 atom stereocenters. The SMILES string of the molecule is Cl.O=C(CNS(=O)(=O)c1ccc(OC(F)(F)F)cc1)N1CCCNCC1. The maximum absolute atomic E-state index is 12.1. The van der Waals surface area contributed by atoms with Crippen LogP contribution in [0.1, 0.15) is 6.42 Å². The van der Waals surface area contributed by atoms with Gasteiger partial charge in [0.05, 0.1) is 11.4 Å². The van der Waals surface area contributed by atoms with E-state index in [9.17, 15) is 26.4 Å². The summed E-state index contributed by atoms with van der Waals surface area (Å²) in [5.41, 5.74) is 0. The van der Waals surface area contributed by atoms with Gasteiger partial charge in [0, 0.05) is 19.6 Å². The average molecular weight is 418 g/mol. The normalized spacial score (nSPS) is 15.7. The minimum absolute atomic E-state index is 0. The average Bonchev–Trinajstić information content (AvgIpc) is 2.81. The van der Waals surface area contributed by atoms with E-state index in [0.29, 0.717) is 19.6 Å². The Morgan fingerprint density at radius 2 is 1.85 bits per heavy atom. The fourth-order valence-electron chi connectivity index (χ4n) is 2.27. The van der Waals surface area contributed by atoms with Crippen molar-refractivity contribution in [2.45, 2.75) is 17.7 Å². The monoisotopic (exact) mass is 417 g/mol. The van der Waals surface area contributed by atoms with E-state index in [0.717, 1.165) is 37.2 Å². The van der Waals surface area contributed by atoms with Gasteiger partial charge >= 0.3 is 6.36 Å². The largest absolute Gasteiger partial charge is 0.573 e. The highest BCUT2D eigenvalue weighted by Gasteiger charge is 2.31. The third-order valence-electron chi connectivity index (χ3n) is 3.47. The minimum Gasteiger partial charge on any atom is -0.406 e. The first-order valence-electron chi connectivity index (χ1n) is 7.51. The first kappa shape index (κ1) is 22.5. The van der Waals surface area contributed by atoms with Gasteiger partial charge in [0.15, 0.2) is 0 Å². The molecule has 1 saturated heterocycles. The molecule has 0 bridgehead atoms. The zero-order valence-electron chi connectivity index (χ0n) is 13.6. The van der Waals surface area contributed by atoms with E-state index in [1.165, 1.54) is 0 Å². The Labute approximate surface area is 155 Å². The Kier molecular flexibility index (Phi) is 8.13. The molecule has 2 N–H and O–H groups in total. The molecule has 0 saturated carbocycles. The molecule has 7 nitrogen and oxygen atoms in total. The highest BCUT2D eigenvalue weighted by Crippen LogP contribution is 2.23. The lowest BCUT2D eigenvalue weighted by Gasteiger charge is -2.20. The van der Waals surface area contributed by atoms with Gasteiger partial charge in [-0.2, -0.15) is 0 Å². The van der Waals surface area contributed by atoms with E-state index in [1.807, 2.05) is 0 Å². The van der Waals surface area contributed by atoms with Gasteiger partial charge in [0.1, 0.15) is 5.75 Å². The van der Waals surface area contributed by atoms with E-state index in [2.05, 4.69) is 14.8 Å². The van der Waals surface area contributed by atoms with E-state index in [4.69, 9.17) is 0 Å². The number of ether oxygens (including phenoxy) is 1. The molecule has 0 aromatic heterocycles. The summed E-state index contributed by atoms with van der Waals surface area (Å²) in [5, 5.41) is 3.13. The molecule has 0 radical (unpaired) electrons. The van der Waals surface area contributed by atoms with E-state index >= 15 is 0 Å². The Morgan fingerprint density at radius 3 is 2.46 bits per heavy atom. The Morgan fingerprint density at radius 1 is 1.19 bits per heavy atom. The van der Waals surface area contributed by atoms with Gasteiger partial charge in [-0.25, -0.2) is 13.1 Å². The second-order valence-corrected chi connectivity index (χ2v) is 7.10. The topological polar surface area (TPSA) is 87.7 Å². The number of carbonyl (C=O) groups excluding carboxylic acids is 1. The maximum Gasteiger partial charge on any atom is 0.573 e. The van der Waals surface area contributed by atoms with E-state index < -0.39 is 28.7 Å². The van der Waals surface area contributed by atoms with Crippen LogP contribution >= 0.6 is 12.4 Å². The lowest BCUT2D eigenvalue weighted by atomic mass is 10.3. The van der Waals surface area contributed by atoms with Gasteiger partial charge < -0.3 is 15.0 Å². The van der Waals surface area contributed by atoms with Crippen LogP contribution in [0.15, 0.2) is 29.2 Å². The van der Waals surface area contributed by atoms with Gasteiger partial charge in [-0.05, 0) is 37.2 Å². The van der Waals surface area contributed by atoms with Gasteiger partial charge in [-0.15, -0.1) is 25.6 Å². The second-order valence-electron chi connectivity index (χ2n) is 5.33. The number of halogens is 4. The van der Waals surface area contributed by atoms with Crippen LogP contribution in [0.2, 0.25) is 0 Å². The maximum atomic E-state index is 12.1. The molecular weight excluding hydrogens is 399 g/mol.